The van der Waals surface area contributed by atoms with Crippen molar-refractivity contribution in [3.63, 3.8) is 0 Å². The van der Waals surface area contributed by atoms with Gasteiger partial charge in [-0.3, -0.25) is 14.5 Å². The molecule has 10 nitrogen and oxygen atoms in total. The number of nitrogens with one attached hydrogen (secondary N) is 2. The molecule has 0 aliphatic rings. The van der Waals surface area contributed by atoms with Crippen molar-refractivity contribution in [1.82, 2.24) is 20.1 Å². The largest absolute Gasteiger partial charge is 0.389 e. The maximum atomic E-state index is 12.5. The molecule has 29 heavy (non-hydrogen) atoms. The number of carbonyl (C=O) groups is 2. The lowest BCUT2D eigenvalue weighted by atomic mass is 10.1. The fraction of sp³-hybridized carbons (Fsp3) is 0.368. The maximum absolute atomic E-state index is 12.5. The number of aliphatic hydroxyl groups is 1. The lowest BCUT2D eigenvalue weighted by molar-refractivity contribution is -0.391. The van der Waals surface area contributed by atoms with Gasteiger partial charge in [-0.1, -0.05) is 30.3 Å². The Morgan fingerprint density at radius 2 is 1.76 bits per heavy atom. The second-order valence-corrected chi connectivity index (χ2v) is 6.78. The minimum Gasteiger partial charge on any atom is -0.389 e. The molecule has 2 atom stereocenters. The van der Waals surface area contributed by atoms with Crippen molar-refractivity contribution in [1.29, 1.82) is 0 Å². The molecular formula is C19H25N5O5. The number of nitro groups is 1. The molecule has 0 saturated heterocycles. The zero-order valence-electron chi connectivity index (χ0n) is 16.5. The number of hydrogen-bond acceptors (Lipinski definition) is 6. The van der Waals surface area contributed by atoms with Crippen molar-refractivity contribution in [2.24, 2.45) is 7.05 Å². The molecule has 1 heterocycles. The molecular weight excluding hydrogens is 378 g/mol. The molecule has 2 amide bonds. The van der Waals surface area contributed by atoms with Gasteiger partial charge in [0.1, 0.15) is 6.04 Å². The standard InChI is InChI=1S/C19H25N5O5/c1-22(2)17(13-7-5-4-6-8-13)19(27)21-12-14(25)11-20-18(26)15-9-10-16(23(15)3)24(28)29/h4-10,14,17,25H,11-12H2,1-3H3,(H,20,26)(H,21,27). The Balaban J connectivity index is 1.87. The molecule has 0 radical (unpaired) electrons. The highest BCUT2D eigenvalue weighted by Crippen LogP contribution is 2.18. The van der Waals surface area contributed by atoms with Crippen LogP contribution < -0.4 is 10.6 Å². The average Bonchev–Trinajstić information content (AvgIpc) is 3.07. The Bertz CT molecular complexity index is 865. The summed E-state index contributed by atoms with van der Waals surface area (Å²) in [7, 11) is 4.98. The van der Waals surface area contributed by atoms with Gasteiger partial charge in [0.05, 0.1) is 13.2 Å². The lowest BCUT2D eigenvalue weighted by Gasteiger charge is -2.24. The summed E-state index contributed by atoms with van der Waals surface area (Å²) < 4.78 is 1.16. The topological polar surface area (TPSA) is 130 Å². The van der Waals surface area contributed by atoms with E-state index in [9.17, 15) is 24.8 Å². The number of hydrogen-bond donors (Lipinski definition) is 3. The molecule has 2 aromatic rings. The van der Waals surface area contributed by atoms with E-state index < -0.39 is 23.0 Å². The van der Waals surface area contributed by atoms with Gasteiger partial charge in [-0.25, -0.2) is 4.57 Å². The number of carbonyl (C=O) groups excluding carboxylic acids is 2. The summed E-state index contributed by atoms with van der Waals surface area (Å²) in [6.45, 7) is -0.167. The van der Waals surface area contributed by atoms with Crippen LogP contribution in [0.4, 0.5) is 5.82 Å². The summed E-state index contributed by atoms with van der Waals surface area (Å²) in [6.07, 6.45) is -1.02. The molecule has 0 aliphatic heterocycles. The van der Waals surface area contributed by atoms with Gasteiger partial charge >= 0.3 is 5.82 Å². The van der Waals surface area contributed by atoms with Crippen molar-refractivity contribution < 1.29 is 19.6 Å². The highest BCUT2D eigenvalue weighted by atomic mass is 16.6. The van der Waals surface area contributed by atoms with Crippen LogP contribution >= 0.6 is 0 Å². The van der Waals surface area contributed by atoms with Gasteiger partial charge < -0.3 is 25.9 Å². The van der Waals surface area contributed by atoms with Gasteiger partial charge in [0, 0.05) is 19.2 Å². The molecule has 1 aromatic heterocycles. The highest BCUT2D eigenvalue weighted by molar-refractivity contribution is 5.93. The van der Waals surface area contributed by atoms with Crippen molar-refractivity contribution in [3.8, 4) is 0 Å². The van der Waals surface area contributed by atoms with Gasteiger partial charge in [0.15, 0.2) is 5.69 Å². The summed E-state index contributed by atoms with van der Waals surface area (Å²) in [6, 6.07) is 11.3. The van der Waals surface area contributed by atoms with Crippen LogP contribution in [0.15, 0.2) is 42.5 Å². The third-order valence-electron chi connectivity index (χ3n) is 4.41. The number of amides is 2. The maximum Gasteiger partial charge on any atom is 0.323 e. The van der Waals surface area contributed by atoms with E-state index in [1.807, 2.05) is 30.3 Å². The summed E-state index contributed by atoms with van der Waals surface area (Å²) in [4.78, 5) is 36.7. The van der Waals surface area contributed by atoms with Crippen LogP contribution in [0.3, 0.4) is 0 Å². The normalized spacial score (nSPS) is 13.0. The molecule has 2 rings (SSSR count). The average molecular weight is 403 g/mol. The SMILES string of the molecule is CN(C)C(C(=O)NCC(O)CNC(=O)c1ccc([N+](=O)[O-])n1C)c1ccccc1. The van der Waals surface area contributed by atoms with Crippen molar-refractivity contribution >= 4 is 17.6 Å². The van der Waals surface area contributed by atoms with Crippen LogP contribution in [-0.4, -0.2) is 64.6 Å². The van der Waals surface area contributed by atoms with E-state index in [0.29, 0.717) is 0 Å². The fourth-order valence-corrected chi connectivity index (χ4v) is 2.92. The number of aromatic nitrogens is 1. The minimum atomic E-state index is -1.02. The molecule has 10 heteroatoms. The number of aliphatic hydroxyl groups excluding tert-OH is 1. The zero-order valence-corrected chi connectivity index (χ0v) is 16.5. The molecule has 0 aliphatic carbocycles. The van der Waals surface area contributed by atoms with E-state index in [2.05, 4.69) is 10.6 Å². The second kappa shape index (κ2) is 9.80. The minimum absolute atomic E-state index is 0.0520. The van der Waals surface area contributed by atoms with Gasteiger partial charge in [-0.2, -0.15) is 0 Å². The van der Waals surface area contributed by atoms with Gasteiger partial charge in [0.25, 0.3) is 5.91 Å². The molecule has 0 spiro atoms. The third-order valence-corrected chi connectivity index (χ3v) is 4.41. The molecule has 2 unspecified atom stereocenters. The first-order valence-electron chi connectivity index (χ1n) is 8.97. The van der Waals surface area contributed by atoms with E-state index in [1.165, 1.54) is 19.2 Å². The number of likely N-dealkylation sites (N-methyl/N-ethyl adjacent to an activating group) is 1. The highest BCUT2D eigenvalue weighted by Gasteiger charge is 2.24. The van der Waals surface area contributed by atoms with Crippen LogP contribution in [0.25, 0.3) is 0 Å². The predicted octanol–water partition coefficient (Wildman–Crippen LogP) is 0.443. The van der Waals surface area contributed by atoms with Crippen LogP contribution in [0.2, 0.25) is 0 Å². The van der Waals surface area contributed by atoms with E-state index in [0.717, 1.165) is 10.1 Å². The van der Waals surface area contributed by atoms with E-state index in [-0.39, 0.29) is 30.5 Å². The fourth-order valence-electron chi connectivity index (χ4n) is 2.92. The predicted molar refractivity (Wildman–Crippen MR) is 106 cm³/mol. The first kappa shape index (κ1) is 22.1. The molecule has 0 saturated carbocycles. The van der Waals surface area contributed by atoms with Crippen LogP contribution in [0.5, 0.6) is 0 Å². The molecule has 156 valence electrons. The van der Waals surface area contributed by atoms with Crippen LogP contribution in [-0.2, 0) is 11.8 Å². The molecule has 0 bridgehead atoms. The Morgan fingerprint density at radius 1 is 1.14 bits per heavy atom. The number of rotatable bonds is 9. The Kier molecular flexibility index (Phi) is 7.46. The van der Waals surface area contributed by atoms with E-state index in [1.54, 1.807) is 19.0 Å². The molecule has 1 aromatic carbocycles. The molecule has 0 fully saturated rings. The smallest absolute Gasteiger partial charge is 0.323 e. The lowest BCUT2D eigenvalue weighted by Crippen LogP contribution is -2.43. The van der Waals surface area contributed by atoms with Gasteiger partial charge in [0.2, 0.25) is 5.91 Å². The van der Waals surface area contributed by atoms with Crippen LogP contribution in [0.1, 0.15) is 22.1 Å². The van der Waals surface area contributed by atoms with Crippen LogP contribution in [0, 0.1) is 10.1 Å². The molecule has 3 N–H and O–H groups in total. The van der Waals surface area contributed by atoms with Crippen molar-refractivity contribution in [3.05, 3.63) is 63.8 Å². The second-order valence-electron chi connectivity index (χ2n) is 6.78. The third kappa shape index (κ3) is 5.62. The van der Waals surface area contributed by atoms with Gasteiger partial charge in [-0.15, -0.1) is 0 Å². The summed E-state index contributed by atoms with van der Waals surface area (Å²) in [5.74, 6) is -1.04. The van der Waals surface area contributed by atoms with E-state index in [4.69, 9.17) is 0 Å². The first-order chi connectivity index (χ1) is 13.7. The van der Waals surface area contributed by atoms with Crippen molar-refractivity contribution in [2.45, 2.75) is 12.1 Å². The Hall–Kier alpha value is -3.24. The summed E-state index contributed by atoms with van der Waals surface area (Å²) in [5.41, 5.74) is 0.924. The number of benzene rings is 1. The Morgan fingerprint density at radius 3 is 2.31 bits per heavy atom. The van der Waals surface area contributed by atoms with Gasteiger partial charge in [-0.05, 0) is 30.6 Å². The monoisotopic (exact) mass is 403 g/mol. The summed E-state index contributed by atoms with van der Waals surface area (Å²) >= 11 is 0. The Labute approximate surface area is 168 Å². The zero-order chi connectivity index (χ0) is 21.6. The summed E-state index contributed by atoms with van der Waals surface area (Å²) in [5, 5.41) is 26.1. The first-order valence-corrected chi connectivity index (χ1v) is 8.97. The number of nitrogens with zero attached hydrogens (tertiary/aromatic N) is 3. The van der Waals surface area contributed by atoms with E-state index >= 15 is 0 Å². The quantitative estimate of drug-likeness (QED) is 0.412. The van der Waals surface area contributed by atoms with Crippen molar-refractivity contribution in [2.75, 3.05) is 27.2 Å².